The summed E-state index contributed by atoms with van der Waals surface area (Å²) in [6, 6.07) is 8.37. The zero-order chi connectivity index (χ0) is 22.1. The minimum absolute atomic E-state index is 0.156. The number of nitrogens with zero attached hydrogens (tertiary/aromatic N) is 1. The van der Waals surface area contributed by atoms with Crippen LogP contribution in [0.2, 0.25) is 0 Å². The molecule has 0 unspecified atom stereocenters. The number of halogens is 3. The molecule has 0 saturated heterocycles. The molecular formula is C26H30F3NO. The number of hydrogen-bond acceptors (Lipinski definition) is 2. The molecule has 0 heterocycles. The number of ether oxygens (including phenoxy) is 1. The Morgan fingerprint density at radius 1 is 0.774 bits per heavy atom. The first-order chi connectivity index (χ1) is 14.9. The molecule has 2 nitrogen and oxygen atoms in total. The third kappa shape index (κ3) is 7.94. The molecule has 31 heavy (non-hydrogen) atoms. The first-order valence-corrected chi connectivity index (χ1v) is 11.2. The highest BCUT2D eigenvalue weighted by Crippen LogP contribution is 2.38. The van der Waals surface area contributed by atoms with E-state index >= 15 is 0 Å². The van der Waals surface area contributed by atoms with Gasteiger partial charge in [-0.05, 0) is 92.7 Å². The first-order valence-electron chi connectivity index (χ1n) is 11.2. The Kier molecular flexibility index (Phi) is 8.40. The van der Waals surface area contributed by atoms with Crippen LogP contribution in [-0.4, -0.2) is 6.36 Å². The van der Waals surface area contributed by atoms with Gasteiger partial charge in [-0.1, -0.05) is 42.5 Å². The minimum Gasteiger partial charge on any atom is -0.406 e. The second kappa shape index (κ2) is 11.2. The molecule has 0 spiro atoms. The van der Waals surface area contributed by atoms with Crippen molar-refractivity contribution in [1.82, 2.24) is 0 Å². The Bertz CT molecular complexity index is 801. The topological polar surface area (TPSA) is 33.0 Å². The van der Waals surface area contributed by atoms with Gasteiger partial charge in [-0.15, -0.1) is 13.2 Å². The number of nitriles is 1. The summed E-state index contributed by atoms with van der Waals surface area (Å²) in [4.78, 5) is 0. The zero-order valence-corrected chi connectivity index (χ0v) is 17.7. The largest absolute Gasteiger partial charge is 0.573 e. The van der Waals surface area contributed by atoms with Crippen LogP contribution in [0.4, 0.5) is 13.2 Å². The highest BCUT2D eigenvalue weighted by Gasteiger charge is 2.31. The lowest BCUT2D eigenvalue weighted by atomic mass is 9.77. The Morgan fingerprint density at radius 2 is 1.29 bits per heavy atom. The van der Waals surface area contributed by atoms with E-state index in [-0.39, 0.29) is 5.75 Å². The van der Waals surface area contributed by atoms with E-state index < -0.39 is 6.36 Å². The van der Waals surface area contributed by atoms with Crippen molar-refractivity contribution in [2.45, 2.75) is 63.6 Å². The average Bonchev–Trinajstić information content (AvgIpc) is 2.76. The van der Waals surface area contributed by atoms with Gasteiger partial charge in [0.1, 0.15) is 5.75 Å². The van der Waals surface area contributed by atoms with E-state index in [9.17, 15) is 13.2 Å². The molecule has 0 bridgehead atoms. The number of rotatable bonds is 6. The molecule has 0 radical (unpaired) electrons. The van der Waals surface area contributed by atoms with Crippen molar-refractivity contribution in [3.05, 3.63) is 66.3 Å². The van der Waals surface area contributed by atoms with Crippen molar-refractivity contribution in [1.29, 1.82) is 5.26 Å². The standard InChI is InChI=1S/C26H30F3NO/c27-26(28,29)31-25-17-15-24(16-18-25)23-13-11-22(12-14-23)10-9-21-7-5-20(6-8-21)4-2-1-3-19-30/h1-4,9-10,15-18,20-23H,5-8,11-14H2/b3-1?,4-2?,10-9+. The van der Waals surface area contributed by atoms with E-state index in [1.165, 1.54) is 43.9 Å². The lowest BCUT2D eigenvalue weighted by molar-refractivity contribution is -0.274. The number of alkyl halides is 3. The molecule has 166 valence electrons. The van der Waals surface area contributed by atoms with Crippen molar-refractivity contribution in [3.8, 4) is 11.8 Å². The van der Waals surface area contributed by atoms with Gasteiger partial charge in [0.25, 0.3) is 0 Å². The molecular weight excluding hydrogens is 399 g/mol. The predicted molar refractivity (Wildman–Crippen MR) is 116 cm³/mol. The van der Waals surface area contributed by atoms with E-state index in [0.717, 1.165) is 31.2 Å². The molecule has 0 aromatic heterocycles. The molecule has 0 amide bonds. The summed E-state index contributed by atoms with van der Waals surface area (Å²) in [7, 11) is 0. The van der Waals surface area contributed by atoms with Gasteiger partial charge < -0.3 is 4.74 Å². The highest BCUT2D eigenvalue weighted by molar-refractivity contribution is 5.30. The van der Waals surface area contributed by atoms with Crippen LogP contribution < -0.4 is 4.74 Å². The van der Waals surface area contributed by atoms with Crippen LogP contribution in [0, 0.1) is 29.1 Å². The van der Waals surface area contributed by atoms with Crippen LogP contribution >= 0.6 is 0 Å². The van der Waals surface area contributed by atoms with Gasteiger partial charge in [0.15, 0.2) is 0 Å². The summed E-state index contributed by atoms with van der Waals surface area (Å²) >= 11 is 0. The van der Waals surface area contributed by atoms with Gasteiger partial charge in [-0.2, -0.15) is 5.26 Å². The number of allylic oxidation sites excluding steroid dienone is 6. The van der Waals surface area contributed by atoms with Crippen molar-refractivity contribution >= 4 is 0 Å². The Morgan fingerprint density at radius 3 is 1.81 bits per heavy atom. The summed E-state index contributed by atoms with van der Waals surface area (Å²) < 4.78 is 40.9. The second-order valence-electron chi connectivity index (χ2n) is 8.66. The molecule has 2 fully saturated rings. The van der Waals surface area contributed by atoms with Crippen LogP contribution in [0.5, 0.6) is 5.75 Å². The Balaban J connectivity index is 1.39. The third-order valence-electron chi connectivity index (χ3n) is 6.49. The Hall–Kier alpha value is -2.48. The monoisotopic (exact) mass is 429 g/mol. The quantitative estimate of drug-likeness (QED) is 0.262. The summed E-state index contributed by atoms with van der Waals surface area (Å²) in [5.41, 5.74) is 1.10. The van der Waals surface area contributed by atoms with Crippen molar-refractivity contribution in [2.75, 3.05) is 0 Å². The van der Waals surface area contributed by atoms with E-state index in [0.29, 0.717) is 23.7 Å². The average molecular weight is 430 g/mol. The lowest BCUT2D eigenvalue weighted by Crippen LogP contribution is -2.17. The third-order valence-corrected chi connectivity index (χ3v) is 6.49. The maximum atomic E-state index is 12.3. The van der Waals surface area contributed by atoms with Gasteiger partial charge in [0, 0.05) is 6.08 Å². The fourth-order valence-electron chi connectivity index (χ4n) is 4.75. The molecule has 1 aromatic carbocycles. The highest BCUT2D eigenvalue weighted by atomic mass is 19.4. The summed E-state index contributed by atoms with van der Waals surface area (Å²) in [6.45, 7) is 0. The van der Waals surface area contributed by atoms with E-state index in [4.69, 9.17) is 5.26 Å². The van der Waals surface area contributed by atoms with Crippen molar-refractivity contribution < 1.29 is 17.9 Å². The van der Waals surface area contributed by atoms with Crippen LogP contribution in [0.15, 0.2) is 60.7 Å². The maximum Gasteiger partial charge on any atom is 0.573 e. The predicted octanol–water partition coefficient (Wildman–Crippen LogP) is 7.86. The SMILES string of the molecule is N#CC=CC=CC1CCC(/C=C/C2CCC(c3ccc(OC(F)(F)F)cc3)CC2)CC1. The van der Waals surface area contributed by atoms with Crippen LogP contribution in [0.1, 0.15) is 62.8 Å². The van der Waals surface area contributed by atoms with Gasteiger partial charge in [-0.25, -0.2) is 0 Å². The molecule has 2 aliphatic rings. The van der Waals surface area contributed by atoms with Gasteiger partial charge in [0.05, 0.1) is 6.07 Å². The zero-order valence-electron chi connectivity index (χ0n) is 17.7. The number of hydrogen-bond donors (Lipinski definition) is 0. The molecule has 2 aliphatic carbocycles. The van der Waals surface area contributed by atoms with E-state index in [1.54, 1.807) is 18.2 Å². The second-order valence-corrected chi connectivity index (χ2v) is 8.66. The van der Waals surface area contributed by atoms with Crippen molar-refractivity contribution in [3.63, 3.8) is 0 Å². The fraction of sp³-hybridized carbons (Fsp3) is 0.500. The molecule has 3 rings (SSSR count). The summed E-state index contributed by atoms with van der Waals surface area (Å²) in [5.74, 6) is 2.16. The normalized spacial score (nSPS) is 27.7. The van der Waals surface area contributed by atoms with Crippen LogP contribution in [0.25, 0.3) is 0 Å². The molecule has 0 atom stereocenters. The minimum atomic E-state index is -4.64. The number of benzene rings is 1. The van der Waals surface area contributed by atoms with Crippen LogP contribution in [-0.2, 0) is 0 Å². The fourth-order valence-corrected chi connectivity index (χ4v) is 4.75. The molecule has 5 heteroatoms. The summed E-state index contributed by atoms with van der Waals surface area (Å²) in [5, 5.41) is 8.50. The van der Waals surface area contributed by atoms with Gasteiger partial charge in [-0.3, -0.25) is 0 Å². The van der Waals surface area contributed by atoms with E-state index in [1.807, 2.05) is 12.1 Å². The first kappa shape index (κ1) is 23.2. The molecule has 2 saturated carbocycles. The van der Waals surface area contributed by atoms with Crippen molar-refractivity contribution in [2.24, 2.45) is 17.8 Å². The molecule has 0 aliphatic heterocycles. The smallest absolute Gasteiger partial charge is 0.406 e. The van der Waals surface area contributed by atoms with E-state index in [2.05, 4.69) is 23.0 Å². The maximum absolute atomic E-state index is 12.3. The van der Waals surface area contributed by atoms with Crippen LogP contribution in [0.3, 0.4) is 0 Å². The molecule has 0 N–H and O–H groups in total. The van der Waals surface area contributed by atoms with Gasteiger partial charge >= 0.3 is 6.36 Å². The van der Waals surface area contributed by atoms with Gasteiger partial charge in [0.2, 0.25) is 0 Å². The summed E-state index contributed by atoms with van der Waals surface area (Å²) in [6.07, 6.45) is 16.9. The lowest BCUT2D eigenvalue weighted by Gasteiger charge is -2.28. The Labute approximate surface area is 183 Å². The molecule has 1 aromatic rings.